The first-order valence-electron chi connectivity index (χ1n) is 5.94. The molecule has 0 spiro atoms. The highest BCUT2D eigenvalue weighted by molar-refractivity contribution is 9.11. The number of carbonyl (C=O) groups is 1. The van der Waals surface area contributed by atoms with Gasteiger partial charge in [-0.05, 0) is 60.3 Å². The van der Waals surface area contributed by atoms with Crippen molar-refractivity contribution < 1.29 is 4.79 Å². The van der Waals surface area contributed by atoms with Gasteiger partial charge in [0.1, 0.15) is 0 Å². The predicted octanol–water partition coefficient (Wildman–Crippen LogP) is 2.69. The van der Waals surface area contributed by atoms with Crippen LogP contribution in [0.3, 0.4) is 0 Å². The number of nitrogens with one attached hydrogen (secondary N) is 2. The van der Waals surface area contributed by atoms with Gasteiger partial charge >= 0.3 is 0 Å². The van der Waals surface area contributed by atoms with Crippen molar-refractivity contribution in [1.82, 2.24) is 10.6 Å². The molecule has 0 aromatic carbocycles. The maximum atomic E-state index is 11.8. The van der Waals surface area contributed by atoms with Crippen molar-refractivity contribution >= 4 is 33.2 Å². The molecule has 2 rings (SSSR count). The summed E-state index contributed by atoms with van der Waals surface area (Å²) in [4.78, 5) is 12.6. The number of hydrogen-bond donors (Lipinski definition) is 2. The number of amides is 1. The SMILES string of the molecule is Cc1cc(C(=O)NCC[C@H]2CCCN2)sc1Br. The normalized spacial score (nSPS) is 19.5. The molecule has 0 saturated carbocycles. The Bertz CT molecular complexity index is 380. The van der Waals surface area contributed by atoms with E-state index in [1.54, 1.807) is 0 Å². The molecular weight excluding hydrogens is 300 g/mol. The van der Waals surface area contributed by atoms with E-state index >= 15 is 0 Å². The lowest BCUT2D eigenvalue weighted by atomic mass is 10.1. The molecule has 0 radical (unpaired) electrons. The van der Waals surface area contributed by atoms with Gasteiger partial charge in [-0.15, -0.1) is 11.3 Å². The van der Waals surface area contributed by atoms with E-state index < -0.39 is 0 Å². The lowest BCUT2D eigenvalue weighted by Crippen LogP contribution is -2.30. The van der Waals surface area contributed by atoms with Crippen molar-refractivity contribution in [2.45, 2.75) is 32.2 Å². The van der Waals surface area contributed by atoms with Crippen molar-refractivity contribution in [3.8, 4) is 0 Å². The zero-order chi connectivity index (χ0) is 12.3. The van der Waals surface area contributed by atoms with Crippen LogP contribution in [0.4, 0.5) is 0 Å². The number of hydrogen-bond acceptors (Lipinski definition) is 3. The molecule has 17 heavy (non-hydrogen) atoms. The van der Waals surface area contributed by atoms with E-state index in [0.717, 1.165) is 33.7 Å². The van der Waals surface area contributed by atoms with Crippen molar-refractivity contribution in [2.75, 3.05) is 13.1 Å². The first kappa shape index (κ1) is 13.1. The van der Waals surface area contributed by atoms with E-state index in [1.807, 2.05) is 13.0 Å². The lowest BCUT2D eigenvalue weighted by Gasteiger charge is -2.09. The van der Waals surface area contributed by atoms with Crippen LogP contribution in [-0.4, -0.2) is 25.0 Å². The second-order valence-corrected chi connectivity index (χ2v) is 6.78. The molecule has 2 N–H and O–H groups in total. The Balaban J connectivity index is 1.76. The smallest absolute Gasteiger partial charge is 0.261 e. The summed E-state index contributed by atoms with van der Waals surface area (Å²) in [6.45, 7) is 3.88. The van der Waals surface area contributed by atoms with Crippen molar-refractivity contribution in [2.24, 2.45) is 0 Å². The summed E-state index contributed by atoms with van der Waals surface area (Å²) in [6, 6.07) is 2.52. The Kier molecular flexibility index (Phi) is 4.59. The number of carbonyl (C=O) groups excluding carboxylic acids is 1. The molecule has 1 aliphatic heterocycles. The summed E-state index contributed by atoms with van der Waals surface area (Å²) in [6.07, 6.45) is 3.52. The molecule has 1 aliphatic rings. The van der Waals surface area contributed by atoms with Gasteiger partial charge in [-0.3, -0.25) is 4.79 Å². The van der Waals surface area contributed by atoms with Crippen molar-refractivity contribution in [3.63, 3.8) is 0 Å². The van der Waals surface area contributed by atoms with Gasteiger partial charge in [0, 0.05) is 12.6 Å². The van der Waals surface area contributed by atoms with Crippen LogP contribution in [0.2, 0.25) is 0 Å². The van der Waals surface area contributed by atoms with E-state index in [2.05, 4.69) is 26.6 Å². The molecule has 1 fully saturated rings. The van der Waals surface area contributed by atoms with Crippen LogP contribution < -0.4 is 10.6 Å². The Morgan fingerprint density at radius 2 is 2.53 bits per heavy atom. The second-order valence-electron chi connectivity index (χ2n) is 4.41. The topological polar surface area (TPSA) is 41.1 Å². The molecule has 0 aliphatic carbocycles. The highest BCUT2D eigenvalue weighted by Gasteiger charge is 2.15. The minimum Gasteiger partial charge on any atom is -0.351 e. The average molecular weight is 317 g/mol. The van der Waals surface area contributed by atoms with Crippen LogP contribution >= 0.6 is 27.3 Å². The van der Waals surface area contributed by atoms with Crippen LogP contribution in [0.15, 0.2) is 9.85 Å². The molecule has 1 saturated heterocycles. The first-order valence-corrected chi connectivity index (χ1v) is 7.55. The molecule has 1 amide bonds. The third-order valence-corrected chi connectivity index (χ3v) is 5.16. The largest absolute Gasteiger partial charge is 0.351 e. The molecule has 0 bridgehead atoms. The molecule has 1 aromatic rings. The first-order chi connectivity index (χ1) is 8.16. The maximum Gasteiger partial charge on any atom is 0.261 e. The number of thiophene rings is 1. The molecule has 1 aromatic heterocycles. The van der Waals surface area contributed by atoms with Crippen molar-refractivity contribution in [3.05, 3.63) is 20.3 Å². The fourth-order valence-electron chi connectivity index (χ4n) is 2.02. The van der Waals surface area contributed by atoms with Crippen molar-refractivity contribution in [1.29, 1.82) is 0 Å². The minimum absolute atomic E-state index is 0.0433. The van der Waals surface area contributed by atoms with E-state index in [9.17, 15) is 4.79 Å². The molecule has 94 valence electrons. The zero-order valence-corrected chi connectivity index (χ0v) is 12.3. The number of aryl methyl sites for hydroxylation is 1. The number of rotatable bonds is 4. The van der Waals surface area contributed by atoms with Crippen LogP contribution in [-0.2, 0) is 0 Å². The van der Waals surface area contributed by atoms with Gasteiger partial charge in [0.2, 0.25) is 0 Å². The standard InChI is InChI=1S/C12H17BrN2OS/c1-8-7-10(17-11(8)13)12(16)15-6-4-9-3-2-5-14-9/h7,9,14H,2-6H2,1H3,(H,15,16)/t9-/m1/s1. The van der Waals surface area contributed by atoms with Gasteiger partial charge in [0.15, 0.2) is 0 Å². The summed E-state index contributed by atoms with van der Waals surface area (Å²) < 4.78 is 1.04. The van der Waals surface area contributed by atoms with E-state index in [1.165, 1.54) is 24.2 Å². The van der Waals surface area contributed by atoms with Gasteiger partial charge in [0.05, 0.1) is 8.66 Å². The van der Waals surface area contributed by atoms with Gasteiger partial charge in [-0.1, -0.05) is 0 Å². The summed E-state index contributed by atoms with van der Waals surface area (Å²) in [5.74, 6) is 0.0433. The summed E-state index contributed by atoms with van der Waals surface area (Å²) in [7, 11) is 0. The quantitative estimate of drug-likeness (QED) is 0.896. The zero-order valence-electron chi connectivity index (χ0n) is 9.88. The van der Waals surface area contributed by atoms with Crippen LogP contribution in [0.1, 0.15) is 34.5 Å². The Morgan fingerprint density at radius 3 is 3.12 bits per heavy atom. The van der Waals surface area contributed by atoms with Gasteiger partial charge in [0.25, 0.3) is 5.91 Å². The fraction of sp³-hybridized carbons (Fsp3) is 0.583. The van der Waals surface area contributed by atoms with E-state index in [-0.39, 0.29) is 5.91 Å². The Labute approximate surface area is 114 Å². The Morgan fingerprint density at radius 1 is 1.71 bits per heavy atom. The highest BCUT2D eigenvalue weighted by atomic mass is 79.9. The number of halogens is 1. The molecular formula is C12H17BrN2OS. The van der Waals surface area contributed by atoms with E-state index in [0.29, 0.717) is 6.04 Å². The monoisotopic (exact) mass is 316 g/mol. The summed E-state index contributed by atoms with van der Waals surface area (Å²) >= 11 is 4.93. The minimum atomic E-state index is 0.0433. The third-order valence-electron chi connectivity index (χ3n) is 3.02. The maximum absolute atomic E-state index is 11.8. The Hall–Kier alpha value is -0.390. The fourth-order valence-corrected chi connectivity index (χ4v) is 3.47. The summed E-state index contributed by atoms with van der Waals surface area (Å²) in [5.41, 5.74) is 1.12. The average Bonchev–Trinajstić information content (AvgIpc) is 2.90. The molecule has 5 heteroatoms. The van der Waals surface area contributed by atoms with Gasteiger partial charge < -0.3 is 10.6 Å². The van der Waals surface area contributed by atoms with E-state index in [4.69, 9.17) is 0 Å². The van der Waals surface area contributed by atoms with Gasteiger partial charge in [-0.25, -0.2) is 0 Å². The molecule has 3 nitrogen and oxygen atoms in total. The molecule has 2 heterocycles. The third kappa shape index (κ3) is 3.53. The van der Waals surface area contributed by atoms with Crippen LogP contribution in [0, 0.1) is 6.92 Å². The predicted molar refractivity (Wildman–Crippen MR) is 74.7 cm³/mol. The van der Waals surface area contributed by atoms with Crippen LogP contribution in [0.5, 0.6) is 0 Å². The summed E-state index contributed by atoms with van der Waals surface area (Å²) in [5, 5.41) is 6.40. The van der Waals surface area contributed by atoms with Gasteiger partial charge in [-0.2, -0.15) is 0 Å². The van der Waals surface area contributed by atoms with Crippen LogP contribution in [0.25, 0.3) is 0 Å². The molecule has 0 unspecified atom stereocenters. The highest BCUT2D eigenvalue weighted by Crippen LogP contribution is 2.27. The second kappa shape index (κ2) is 5.98. The lowest BCUT2D eigenvalue weighted by molar-refractivity contribution is 0.0956. The molecule has 1 atom stereocenters.